The molecule has 0 radical (unpaired) electrons. The second-order valence-electron chi connectivity index (χ2n) is 5.87. The van der Waals surface area contributed by atoms with E-state index < -0.39 is 0 Å². The minimum atomic E-state index is 0.377. The van der Waals surface area contributed by atoms with E-state index in [-0.39, 0.29) is 0 Å². The number of likely N-dealkylation sites (tertiary alicyclic amines) is 1. The molecule has 1 aliphatic heterocycles. The number of hydrogen-bond acceptors (Lipinski definition) is 3. The van der Waals surface area contributed by atoms with Crippen LogP contribution in [0.15, 0.2) is 24.3 Å². The zero-order valence-corrected chi connectivity index (χ0v) is 13.0. The van der Waals surface area contributed by atoms with Crippen molar-refractivity contribution < 1.29 is 4.74 Å². The minimum absolute atomic E-state index is 0.377. The van der Waals surface area contributed by atoms with E-state index in [1.165, 1.54) is 18.4 Å². The highest BCUT2D eigenvalue weighted by Crippen LogP contribution is 2.34. The number of rotatable bonds is 5. The van der Waals surface area contributed by atoms with Crippen LogP contribution < -0.4 is 10.5 Å². The number of nitrogens with two attached hydrogens (primary N) is 1. The van der Waals surface area contributed by atoms with Crippen LogP contribution >= 0.6 is 0 Å². The number of ether oxygens (including phenoxy) is 1. The Bertz CT molecular complexity index is 421. The van der Waals surface area contributed by atoms with Gasteiger partial charge in [-0.05, 0) is 52.1 Å². The third-order valence-electron chi connectivity index (χ3n) is 4.53. The zero-order chi connectivity index (χ0) is 14.5. The van der Waals surface area contributed by atoms with Crippen molar-refractivity contribution in [1.29, 1.82) is 0 Å². The molecule has 0 bridgehead atoms. The van der Waals surface area contributed by atoms with Crippen molar-refractivity contribution in [3.05, 3.63) is 29.8 Å². The Balaban J connectivity index is 2.18. The Morgan fingerprint density at radius 3 is 2.80 bits per heavy atom. The van der Waals surface area contributed by atoms with Crippen molar-refractivity contribution in [2.45, 2.75) is 45.7 Å². The van der Waals surface area contributed by atoms with Gasteiger partial charge in [-0.1, -0.05) is 18.2 Å². The largest absolute Gasteiger partial charge is 0.494 e. The summed E-state index contributed by atoms with van der Waals surface area (Å²) in [6.07, 6.45) is 2.50. The molecular formula is C17H28N2O. The molecule has 0 aliphatic carbocycles. The molecule has 3 unspecified atom stereocenters. The van der Waals surface area contributed by atoms with Crippen molar-refractivity contribution in [2.75, 3.05) is 19.7 Å². The summed E-state index contributed by atoms with van der Waals surface area (Å²) in [5, 5.41) is 0. The van der Waals surface area contributed by atoms with Crippen LogP contribution in [-0.4, -0.2) is 30.6 Å². The Morgan fingerprint density at radius 2 is 2.10 bits per heavy atom. The van der Waals surface area contributed by atoms with Gasteiger partial charge >= 0.3 is 0 Å². The second kappa shape index (κ2) is 7.09. The van der Waals surface area contributed by atoms with Gasteiger partial charge < -0.3 is 10.5 Å². The summed E-state index contributed by atoms with van der Waals surface area (Å²) in [6, 6.07) is 9.40. The highest BCUT2D eigenvalue weighted by molar-refractivity contribution is 5.35. The molecule has 2 rings (SSSR count). The number of para-hydroxylation sites is 1. The molecule has 1 aromatic rings. The molecule has 1 fully saturated rings. The molecule has 0 spiro atoms. The maximum Gasteiger partial charge on any atom is 0.124 e. The van der Waals surface area contributed by atoms with E-state index >= 15 is 0 Å². The Morgan fingerprint density at radius 1 is 1.35 bits per heavy atom. The van der Waals surface area contributed by atoms with E-state index in [4.69, 9.17) is 10.5 Å². The fourth-order valence-electron chi connectivity index (χ4n) is 3.24. The van der Waals surface area contributed by atoms with Crippen LogP contribution in [0, 0.1) is 5.92 Å². The van der Waals surface area contributed by atoms with Crippen LogP contribution in [0.2, 0.25) is 0 Å². The van der Waals surface area contributed by atoms with Gasteiger partial charge in [0, 0.05) is 24.2 Å². The molecule has 0 amide bonds. The molecule has 1 saturated heterocycles. The zero-order valence-electron chi connectivity index (χ0n) is 13.0. The van der Waals surface area contributed by atoms with Crippen molar-refractivity contribution in [3.8, 4) is 5.75 Å². The number of hydrogen-bond donors (Lipinski definition) is 1. The summed E-state index contributed by atoms with van der Waals surface area (Å²) in [5.41, 5.74) is 7.17. The van der Waals surface area contributed by atoms with Crippen LogP contribution in [-0.2, 0) is 0 Å². The summed E-state index contributed by atoms with van der Waals surface area (Å²) in [7, 11) is 0. The summed E-state index contributed by atoms with van der Waals surface area (Å²) < 4.78 is 5.79. The van der Waals surface area contributed by atoms with E-state index in [1.807, 2.05) is 13.0 Å². The molecule has 3 atom stereocenters. The van der Waals surface area contributed by atoms with E-state index in [0.29, 0.717) is 24.6 Å². The van der Waals surface area contributed by atoms with Crippen LogP contribution in [0.1, 0.15) is 45.2 Å². The van der Waals surface area contributed by atoms with Crippen molar-refractivity contribution in [3.63, 3.8) is 0 Å². The topological polar surface area (TPSA) is 38.5 Å². The first-order valence-corrected chi connectivity index (χ1v) is 7.84. The first-order chi connectivity index (χ1) is 9.67. The second-order valence-corrected chi connectivity index (χ2v) is 5.87. The third-order valence-corrected chi connectivity index (χ3v) is 4.53. The van der Waals surface area contributed by atoms with Gasteiger partial charge in [-0.2, -0.15) is 0 Å². The van der Waals surface area contributed by atoms with Crippen LogP contribution in [0.5, 0.6) is 5.75 Å². The van der Waals surface area contributed by atoms with Crippen molar-refractivity contribution in [2.24, 2.45) is 11.7 Å². The van der Waals surface area contributed by atoms with Gasteiger partial charge in [0.15, 0.2) is 0 Å². The lowest BCUT2D eigenvalue weighted by molar-refractivity contribution is 0.0798. The van der Waals surface area contributed by atoms with Gasteiger partial charge in [0.1, 0.15) is 5.75 Å². The molecule has 1 aromatic carbocycles. The van der Waals surface area contributed by atoms with Crippen LogP contribution in [0.25, 0.3) is 0 Å². The maximum absolute atomic E-state index is 5.88. The molecule has 0 aromatic heterocycles. The lowest BCUT2D eigenvalue weighted by atomic mass is 9.91. The minimum Gasteiger partial charge on any atom is -0.494 e. The first kappa shape index (κ1) is 15.3. The van der Waals surface area contributed by atoms with Gasteiger partial charge in [-0.15, -0.1) is 0 Å². The highest BCUT2D eigenvalue weighted by Gasteiger charge is 2.29. The summed E-state index contributed by atoms with van der Waals surface area (Å²) >= 11 is 0. The highest BCUT2D eigenvalue weighted by atomic mass is 16.5. The average Bonchev–Trinajstić information content (AvgIpc) is 2.48. The van der Waals surface area contributed by atoms with E-state index in [1.54, 1.807) is 0 Å². The number of nitrogens with zero attached hydrogens (tertiary/aromatic N) is 1. The summed E-state index contributed by atoms with van der Waals surface area (Å²) in [4.78, 5) is 2.58. The molecule has 0 saturated carbocycles. The smallest absolute Gasteiger partial charge is 0.124 e. The lowest BCUT2D eigenvalue weighted by Crippen LogP contribution is -2.45. The van der Waals surface area contributed by atoms with Crippen LogP contribution in [0.3, 0.4) is 0 Å². The predicted molar refractivity (Wildman–Crippen MR) is 84.0 cm³/mol. The fraction of sp³-hybridized carbons (Fsp3) is 0.647. The lowest BCUT2D eigenvalue weighted by Gasteiger charge is -2.42. The normalized spacial score (nSPS) is 25.4. The fourth-order valence-corrected chi connectivity index (χ4v) is 3.24. The molecular weight excluding hydrogens is 248 g/mol. The quantitative estimate of drug-likeness (QED) is 0.897. The molecule has 112 valence electrons. The van der Waals surface area contributed by atoms with Gasteiger partial charge in [0.25, 0.3) is 0 Å². The average molecular weight is 276 g/mol. The Kier molecular flexibility index (Phi) is 5.44. The van der Waals surface area contributed by atoms with Gasteiger partial charge in [-0.25, -0.2) is 0 Å². The van der Waals surface area contributed by atoms with Gasteiger partial charge in [0.05, 0.1) is 6.61 Å². The van der Waals surface area contributed by atoms with E-state index in [2.05, 4.69) is 36.9 Å². The Hall–Kier alpha value is -1.06. The molecule has 1 aliphatic rings. The molecule has 3 nitrogen and oxygen atoms in total. The maximum atomic E-state index is 5.88. The number of benzene rings is 1. The van der Waals surface area contributed by atoms with E-state index in [9.17, 15) is 0 Å². The summed E-state index contributed by atoms with van der Waals surface area (Å²) in [6.45, 7) is 9.25. The number of piperidine rings is 1. The summed E-state index contributed by atoms with van der Waals surface area (Å²) in [5.74, 6) is 1.65. The van der Waals surface area contributed by atoms with Gasteiger partial charge in [0.2, 0.25) is 0 Å². The van der Waals surface area contributed by atoms with Crippen molar-refractivity contribution in [1.82, 2.24) is 4.90 Å². The first-order valence-electron chi connectivity index (χ1n) is 7.84. The molecule has 2 N–H and O–H groups in total. The SMILES string of the molecule is CCOc1ccccc1C(C)N1CC(CN)CCC1C. The van der Waals surface area contributed by atoms with Crippen molar-refractivity contribution >= 4 is 0 Å². The van der Waals surface area contributed by atoms with Crippen LogP contribution in [0.4, 0.5) is 0 Å². The molecule has 3 heteroatoms. The van der Waals surface area contributed by atoms with Gasteiger partial charge in [-0.3, -0.25) is 4.90 Å². The monoisotopic (exact) mass is 276 g/mol. The predicted octanol–water partition coefficient (Wildman–Crippen LogP) is 3.21. The third kappa shape index (κ3) is 3.33. The molecule has 1 heterocycles. The molecule has 20 heavy (non-hydrogen) atoms. The van der Waals surface area contributed by atoms with E-state index in [0.717, 1.165) is 18.8 Å². The Labute approximate surface area is 123 Å². The standard InChI is InChI=1S/C17H28N2O/c1-4-20-17-8-6-5-7-16(17)14(3)19-12-15(11-18)10-9-13(19)2/h5-8,13-15H,4,9-12,18H2,1-3H3.